The normalized spacial score (nSPS) is 15.8. The highest BCUT2D eigenvalue weighted by atomic mass is 79.9. The van der Waals surface area contributed by atoms with Gasteiger partial charge in [-0.3, -0.25) is 0 Å². The average molecular weight is 332 g/mol. The van der Waals surface area contributed by atoms with Crippen LogP contribution < -0.4 is 10.1 Å². The highest BCUT2D eigenvalue weighted by Gasteiger charge is 2.21. The Morgan fingerprint density at radius 3 is 2.53 bits per heavy atom. The van der Waals surface area contributed by atoms with Crippen molar-refractivity contribution in [3.8, 4) is 5.75 Å². The molecule has 1 rings (SSSR count). The number of benzene rings is 1. The maximum atomic E-state index is 9.84. The van der Waals surface area contributed by atoms with E-state index in [0.29, 0.717) is 6.54 Å². The molecule has 5 heteroatoms. The van der Waals surface area contributed by atoms with Crippen molar-refractivity contribution in [2.24, 2.45) is 0 Å². The summed E-state index contributed by atoms with van der Waals surface area (Å²) in [6.07, 6.45) is 0.185. The summed E-state index contributed by atoms with van der Waals surface area (Å²) >= 11 is 3.35. The van der Waals surface area contributed by atoms with Gasteiger partial charge in [-0.15, -0.1) is 0 Å². The Labute approximate surface area is 122 Å². The third kappa shape index (κ3) is 5.91. The van der Waals surface area contributed by atoms with Crippen molar-refractivity contribution in [3.05, 3.63) is 28.7 Å². The van der Waals surface area contributed by atoms with Crippen LogP contribution in [0, 0.1) is 0 Å². The number of hydrogen-bond donors (Lipinski definition) is 3. The molecular formula is C14H22BrNO3. The topological polar surface area (TPSA) is 61.7 Å². The summed E-state index contributed by atoms with van der Waals surface area (Å²) in [6, 6.07) is 7.46. The molecule has 0 aromatic heterocycles. The first-order valence-electron chi connectivity index (χ1n) is 6.41. The Hall–Kier alpha value is -0.620. The summed E-state index contributed by atoms with van der Waals surface area (Å²) in [5.41, 5.74) is -0.349. The van der Waals surface area contributed by atoms with Crippen molar-refractivity contribution in [1.82, 2.24) is 5.32 Å². The SMILES string of the molecule is CCC(C)(CO)NCC(O)COc1ccc(Br)cc1. The van der Waals surface area contributed by atoms with Crippen molar-refractivity contribution < 1.29 is 14.9 Å². The van der Waals surface area contributed by atoms with Crippen molar-refractivity contribution in [1.29, 1.82) is 0 Å². The van der Waals surface area contributed by atoms with E-state index in [-0.39, 0.29) is 18.8 Å². The molecule has 108 valence electrons. The highest BCUT2D eigenvalue weighted by Crippen LogP contribution is 2.16. The second-order valence-corrected chi connectivity index (χ2v) is 5.79. The Morgan fingerprint density at radius 2 is 2.00 bits per heavy atom. The van der Waals surface area contributed by atoms with Gasteiger partial charge in [0.1, 0.15) is 18.5 Å². The van der Waals surface area contributed by atoms with Gasteiger partial charge >= 0.3 is 0 Å². The molecule has 0 amide bonds. The van der Waals surface area contributed by atoms with Crippen molar-refractivity contribution in [2.45, 2.75) is 31.9 Å². The molecule has 0 bridgehead atoms. The minimum atomic E-state index is -0.610. The van der Waals surface area contributed by atoms with E-state index < -0.39 is 6.10 Å². The third-order valence-electron chi connectivity index (χ3n) is 3.15. The Balaban J connectivity index is 2.31. The second-order valence-electron chi connectivity index (χ2n) is 4.87. The quantitative estimate of drug-likeness (QED) is 0.681. The molecule has 0 aliphatic carbocycles. The van der Waals surface area contributed by atoms with Crippen LogP contribution in [0.4, 0.5) is 0 Å². The van der Waals surface area contributed by atoms with E-state index >= 15 is 0 Å². The largest absolute Gasteiger partial charge is 0.491 e. The molecule has 2 atom stereocenters. The molecule has 1 aromatic carbocycles. The minimum Gasteiger partial charge on any atom is -0.491 e. The minimum absolute atomic E-state index is 0.0454. The molecule has 2 unspecified atom stereocenters. The highest BCUT2D eigenvalue weighted by molar-refractivity contribution is 9.10. The van der Waals surface area contributed by atoms with E-state index in [1.165, 1.54) is 0 Å². The number of halogens is 1. The van der Waals surface area contributed by atoms with Gasteiger partial charge in [-0.25, -0.2) is 0 Å². The van der Waals surface area contributed by atoms with Gasteiger partial charge in [-0.1, -0.05) is 22.9 Å². The van der Waals surface area contributed by atoms with Gasteiger partial charge in [0.2, 0.25) is 0 Å². The van der Waals surface area contributed by atoms with Crippen LogP contribution in [0.3, 0.4) is 0 Å². The summed E-state index contributed by atoms with van der Waals surface area (Å²) < 4.78 is 6.47. The van der Waals surface area contributed by atoms with Crippen molar-refractivity contribution >= 4 is 15.9 Å². The lowest BCUT2D eigenvalue weighted by molar-refractivity contribution is 0.0866. The van der Waals surface area contributed by atoms with Crippen LogP contribution in [0.15, 0.2) is 28.7 Å². The van der Waals surface area contributed by atoms with Crippen LogP contribution in [0.2, 0.25) is 0 Å². The molecule has 0 saturated heterocycles. The first kappa shape index (κ1) is 16.4. The van der Waals surface area contributed by atoms with Crippen molar-refractivity contribution in [3.63, 3.8) is 0 Å². The molecule has 3 N–H and O–H groups in total. The zero-order chi connectivity index (χ0) is 14.3. The smallest absolute Gasteiger partial charge is 0.119 e. The summed E-state index contributed by atoms with van der Waals surface area (Å²) in [4.78, 5) is 0. The number of β-amino-alcohol motifs (C(OH)–C–C–N with tert-alkyl or cyclic N) is 1. The zero-order valence-electron chi connectivity index (χ0n) is 11.4. The molecule has 4 nitrogen and oxygen atoms in total. The molecule has 19 heavy (non-hydrogen) atoms. The van der Waals surface area contributed by atoms with Crippen LogP contribution in [0.5, 0.6) is 5.75 Å². The molecule has 0 fully saturated rings. The van der Waals surface area contributed by atoms with E-state index in [0.717, 1.165) is 16.6 Å². The van der Waals surface area contributed by atoms with Gasteiger partial charge in [0.05, 0.1) is 6.61 Å². The third-order valence-corrected chi connectivity index (χ3v) is 3.68. The average Bonchev–Trinajstić information content (AvgIpc) is 2.44. The summed E-state index contributed by atoms with van der Waals surface area (Å²) in [7, 11) is 0. The molecule has 0 aliphatic rings. The summed E-state index contributed by atoms with van der Waals surface area (Å²) in [5.74, 6) is 0.725. The number of rotatable bonds is 8. The van der Waals surface area contributed by atoms with Gasteiger partial charge < -0.3 is 20.3 Å². The first-order valence-corrected chi connectivity index (χ1v) is 7.20. The molecule has 0 aliphatic heterocycles. The second kappa shape index (κ2) is 7.85. The molecule has 0 saturated carbocycles. The summed E-state index contributed by atoms with van der Waals surface area (Å²) in [6.45, 7) is 4.58. The van der Waals surface area contributed by atoms with E-state index in [1.807, 2.05) is 38.1 Å². The van der Waals surface area contributed by atoms with Gasteiger partial charge in [0.25, 0.3) is 0 Å². The standard InChI is InChI=1S/C14H22BrNO3/c1-3-14(2,10-17)16-8-12(18)9-19-13-6-4-11(15)5-7-13/h4-7,12,16-18H,3,8-10H2,1-2H3. The van der Waals surface area contributed by atoms with E-state index in [1.54, 1.807) is 0 Å². The van der Waals surface area contributed by atoms with Gasteiger partial charge in [0.15, 0.2) is 0 Å². The number of hydrogen-bond acceptors (Lipinski definition) is 4. The Kier molecular flexibility index (Phi) is 6.79. The fourth-order valence-electron chi connectivity index (χ4n) is 1.44. The zero-order valence-corrected chi connectivity index (χ0v) is 13.0. The predicted molar refractivity (Wildman–Crippen MR) is 79.4 cm³/mol. The first-order chi connectivity index (χ1) is 8.99. The van der Waals surface area contributed by atoms with Crippen molar-refractivity contribution in [2.75, 3.05) is 19.8 Å². The maximum absolute atomic E-state index is 9.84. The lowest BCUT2D eigenvalue weighted by Gasteiger charge is -2.28. The lowest BCUT2D eigenvalue weighted by atomic mass is 10.0. The van der Waals surface area contributed by atoms with E-state index in [4.69, 9.17) is 4.74 Å². The van der Waals surface area contributed by atoms with Crippen LogP contribution in [-0.4, -0.2) is 41.6 Å². The van der Waals surface area contributed by atoms with Crippen LogP contribution >= 0.6 is 15.9 Å². The number of aliphatic hydroxyl groups is 2. The molecule has 0 heterocycles. The lowest BCUT2D eigenvalue weighted by Crippen LogP contribution is -2.49. The molecule has 1 aromatic rings. The van der Waals surface area contributed by atoms with Crippen LogP contribution in [0.1, 0.15) is 20.3 Å². The van der Waals surface area contributed by atoms with Crippen LogP contribution in [0.25, 0.3) is 0 Å². The number of nitrogens with one attached hydrogen (secondary N) is 1. The van der Waals surface area contributed by atoms with Gasteiger partial charge in [-0.05, 0) is 37.6 Å². The number of ether oxygens (including phenoxy) is 1. The Morgan fingerprint density at radius 1 is 1.37 bits per heavy atom. The number of aliphatic hydroxyl groups excluding tert-OH is 2. The van der Waals surface area contributed by atoms with E-state index in [2.05, 4.69) is 21.2 Å². The van der Waals surface area contributed by atoms with Crippen LogP contribution in [-0.2, 0) is 0 Å². The fraction of sp³-hybridized carbons (Fsp3) is 0.571. The van der Waals surface area contributed by atoms with E-state index in [9.17, 15) is 10.2 Å². The molecule has 0 spiro atoms. The Bertz CT molecular complexity index is 365. The molecule has 0 radical (unpaired) electrons. The molecular weight excluding hydrogens is 310 g/mol. The summed E-state index contributed by atoms with van der Waals surface area (Å²) in [5, 5.41) is 22.2. The monoisotopic (exact) mass is 331 g/mol. The van der Waals surface area contributed by atoms with Gasteiger partial charge in [0, 0.05) is 16.6 Å². The fourth-order valence-corrected chi connectivity index (χ4v) is 1.70. The maximum Gasteiger partial charge on any atom is 0.119 e. The predicted octanol–water partition coefficient (Wildman–Crippen LogP) is 1.94. The van der Waals surface area contributed by atoms with Gasteiger partial charge in [-0.2, -0.15) is 0 Å².